The van der Waals surface area contributed by atoms with Crippen molar-refractivity contribution in [3.05, 3.63) is 87.1 Å². The van der Waals surface area contributed by atoms with E-state index >= 15 is 0 Å². The number of aliphatic hydroxyl groups is 2. The Kier molecular flexibility index (Phi) is 6.19. The Morgan fingerprint density at radius 2 is 1.86 bits per heavy atom. The number of β-amino-alcohol motifs (C(OH)–C–C–N with tert-alkyl or cyclic N) is 1. The van der Waals surface area contributed by atoms with Crippen molar-refractivity contribution in [3.8, 4) is 0 Å². The van der Waals surface area contributed by atoms with Gasteiger partial charge in [-0.25, -0.2) is 0 Å². The van der Waals surface area contributed by atoms with E-state index in [9.17, 15) is 19.8 Å². The van der Waals surface area contributed by atoms with Crippen LogP contribution in [0, 0.1) is 0 Å². The van der Waals surface area contributed by atoms with Gasteiger partial charge in [0.05, 0.1) is 18.2 Å². The van der Waals surface area contributed by atoms with Gasteiger partial charge < -0.3 is 15.1 Å². The molecule has 1 amide bonds. The number of rotatable bonds is 6. The molecule has 2 aromatic rings. The van der Waals surface area contributed by atoms with E-state index in [1.807, 2.05) is 30.3 Å². The fraction of sp³-hybridized carbons (Fsp3) is 0.143. The maximum atomic E-state index is 12.9. The number of halogens is 2. The molecule has 2 N–H and O–H groups in total. The summed E-state index contributed by atoms with van der Waals surface area (Å²) in [6, 6.07) is 12.9. The maximum absolute atomic E-state index is 12.9. The summed E-state index contributed by atoms with van der Waals surface area (Å²) in [5.74, 6) is -1.90. The summed E-state index contributed by atoms with van der Waals surface area (Å²) >= 11 is 12.2. The lowest BCUT2D eigenvalue weighted by molar-refractivity contribution is -0.129. The lowest BCUT2D eigenvalue weighted by Crippen LogP contribution is -2.33. The highest BCUT2D eigenvalue weighted by molar-refractivity contribution is 6.35. The molecule has 0 radical (unpaired) electrons. The molecule has 0 saturated carbocycles. The number of ketones is 1. The van der Waals surface area contributed by atoms with Gasteiger partial charge in [-0.05, 0) is 29.3 Å². The molecule has 0 fully saturated rings. The zero-order valence-electron chi connectivity index (χ0n) is 14.7. The fourth-order valence-electron chi connectivity index (χ4n) is 3.12. The highest BCUT2D eigenvalue weighted by atomic mass is 35.5. The van der Waals surface area contributed by atoms with Crippen molar-refractivity contribution < 1.29 is 19.8 Å². The van der Waals surface area contributed by atoms with Crippen molar-refractivity contribution in [2.45, 2.75) is 6.04 Å². The van der Waals surface area contributed by atoms with E-state index in [-0.39, 0.29) is 23.7 Å². The average molecular weight is 418 g/mol. The molecule has 144 valence electrons. The minimum Gasteiger partial charge on any atom is -0.503 e. The smallest absolute Gasteiger partial charge is 0.290 e. The quantitative estimate of drug-likeness (QED) is 0.697. The summed E-state index contributed by atoms with van der Waals surface area (Å²) in [5.41, 5.74) is 1.15. The van der Waals surface area contributed by atoms with Gasteiger partial charge in [0.15, 0.2) is 11.5 Å². The van der Waals surface area contributed by atoms with Crippen molar-refractivity contribution in [2.75, 3.05) is 13.2 Å². The number of carbonyl (C=O) groups excluding carboxylic acids is 2. The number of nitrogens with zero attached hydrogens (tertiary/aromatic N) is 1. The van der Waals surface area contributed by atoms with Crippen LogP contribution >= 0.6 is 23.2 Å². The van der Waals surface area contributed by atoms with Crippen LogP contribution in [-0.4, -0.2) is 40.0 Å². The first-order chi connectivity index (χ1) is 13.4. The van der Waals surface area contributed by atoms with E-state index < -0.39 is 23.5 Å². The minimum atomic E-state index is -0.919. The lowest BCUT2D eigenvalue weighted by atomic mass is 9.95. The highest BCUT2D eigenvalue weighted by Gasteiger charge is 2.43. The molecule has 1 aliphatic rings. The fourth-order valence-corrected chi connectivity index (χ4v) is 3.63. The largest absolute Gasteiger partial charge is 0.503 e. The Labute approximate surface area is 172 Å². The third-order valence-corrected chi connectivity index (χ3v) is 4.96. The molecule has 7 heteroatoms. The topological polar surface area (TPSA) is 77.8 Å². The molecule has 1 heterocycles. The second-order valence-corrected chi connectivity index (χ2v) is 7.00. The molecule has 0 bridgehead atoms. The molecule has 0 aliphatic carbocycles. The highest BCUT2D eigenvalue weighted by Crippen LogP contribution is 2.41. The Bertz CT molecular complexity index is 970. The van der Waals surface area contributed by atoms with Gasteiger partial charge in [0, 0.05) is 16.6 Å². The normalized spacial score (nSPS) is 17.0. The first-order valence-corrected chi connectivity index (χ1v) is 9.27. The first-order valence-electron chi connectivity index (χ1n) is 8.51. The van der Waals surface area contributed by atoms with Gasteiger partial charge in [-0.3, -0.25) is 9.59 Å². The molecule has 0 spiro atoms. The SMILES string of the molecule is O=C(/C=C/c1ccccc1)C1=C(O)C(=O)N(CCO)C1c1ccc(Cl)cc1Cl. The van der Waals surface area contributed by atoms with E-state index in [0.29, 0.717) is 10.6 Å². The van der Waals surface area contributed by atoms with E-state index in [4.69, 9.17) is 23.2 Å². The summed E-state index contributed by atoms with van der Waals surface area (Å²) in [7, 11) is 0. The number of allylic oxidation sites excluding steroid dienone is 1. The Morgan fingerprint density at radius 1 is 1.14 bits per heavy atom. The van der Waals surface area contributed by atoms with Gasteiger partial charge in [-0.15, -0.1) is 0 Å². The number of carbonyl (C=O) groups is 2. The third-order valence-electron chi connectivity index (χ3n) is 4.39. The molecule has 28 heavy (non-hydrogen) atoms. The molecule has 5 nitrogen and oxygen atoms in total. The van der Waals surface area contributed by atoms with Gasteiger partial charge in [-0.1, -0.05) is 65.7 Å². The van der Waals surface area contributed by atoms with Crippen LogP contribution in [0.1, 0.15) is 17.2 Å². The van der Waals surface area contributed by atoms with Gasteiger partial charge in [0.25, 0.3) is 5.91 Å². The molecule has 2 aromatic carbocycles. The Morgan fingerprint density at radius 3 is 2.50 bits per heavy atom. The predicted octanol–water partition coefficient (Wildman–Crippen LogP) is 3.96. The van der Waals surface area contributed by atoms with E-state index in [1.165, 1.54) is 17.0 Å². The summed E-state index contributed by atoms with van der Waals surface area (Å²) in [6.07, 6.45) is 2.90. The summed E-state index contributed by atoms with van der Waals surface area (Å²) < 4.78 is 0. The second-order valence-electron chi connectivity index (χ2n) is 6.16. The summed E-state index contributed by atoms with van der Waals surface area (Å²) in [6.45, 7) is -0.395. The Hall–Kier alpha value is -2.60. The third kappa shape index (κ3) is 3.97. The number of aliphatic hydroxyl groups excluding tert-OH is 2. The van der Waals surface area contributed by atoms with Crippen molar-refractivity contribution >= 4 is 41.0 Å². The van der Waals surface area contributed by atoms with Crippen LogP contribution in [0.2, 0.25) is 10.0 Å². The molecular formula is C21H17Cl2NO4. The minimum absolute atomic E-state index is 0.0638. The number of benzene rings is 2. The first kappa shape index (κ1) is 20.1. The van der Waals surface area contributed by atoms with Crippen LogP contribution in [-0.2, 0) is 9.59 Å². The van der Waals surface area contributed by atoms with Crippen molar-refractivity contribution in [1.29, 1.82) is 0 Å². The number of amides is 1. The standard InChI is InChI=1S/C21H17Cl2NO4/c22-14-7-8-15(16(23)12-14)19-18(20(27)21(28)24(19)10-11-25)17(26)9-6-13-4-2-1-3-5-13/h1-9,12,19,25,27H,10-11H2/b9-6+. The van der Waals surface area contributed by atoms with Crippen molar-refractivity contribution in [3.63, 3.8) is 0 Å². The zero-order chi connectivity index (χ0) is 20.3. The summed E-state index contributed by atoms with van der Waals surface area (Å²) in [5, 5.41) is 20.4. The van der Waals surface area contributed by atoms with Crippen LogP contribution in [0.3, 0.4) is 0 Å². The monoisotopic (exact) mass is 417 g/mol. The molecule has 1 unspecified atom stereocenters. The second kappa shape index (κ2) is 8.61. The molecule has 1 atom stereocenters. The van der Waals surface area contributed by atoms with Crippen LogP contribution in [0.15, 0.2) is 65.9 Å². The van der Waals surface area contributed by atoms with Crippen molar-refractivity contribution in [2.24, 2.45) is 0 Å². The van der Waals surface area contributed by atoms with Gasteiger partial charge in [0.2, 0.25) is 0 Å². The van der Waals surface area contributed by atoms with E-state index in [1.54, 1.807) is 18.2 Å². The molecule has 1 aliphatic heterocycles. The van der Waals surface area contributed by atoms with Crippen LogP contribution in [0.25, 0.3) is 6.08 Å². The maximum Gasteiger partial charge on any atom is 0.290 e. The van der Waals surface area contributed by atoms with Crippen molar-refractivity contribution in [1.82, 2.24) is 4.90 Å². The number of hydrogen-bond donors (Lipinski definition) is 2. The van der Waals surface area contributed by atoms with Crippen LogP contribution < -0.4 is 0 Å². The van der Waals surface area contributed by atoms with Gasteiger partial charge in [-0.2, -0.15) is 0 Å². The average Bonchev–Trinajstić information content (AvgIpc) is 2.92. The van der Waals surface area contributed by atoms with Crippen LogP contribution in [0.5, 0.6) is 0 Å². The molecule has 0 aromatic heterocycles. The Balaban J connectivity index is 2.03. The predicted molar refractivity (Wildman–Crippen MR) is 108 cm³/mol. The number of hydrogen-bond acceptors (Lipinski definition) is 4. The molecular weight excluding hydrogens is 401 g/mol. The van der Waals surface area contributed by atoms with E-state index in [0.717, 1.165) is 5.56 Å². The van der Waals surface area contributed by atoms with Gasteiger partial charge >= 0.3 is 0 Å². The lowest BCUT2D eigenvalue weighted by Gasteiger charge is -2.26. The zero-order valence-corrected chi connectivity index (χ0v) is 16.2. The van der Waals surface area contributed by atoms with E-state index in [2.05, 4.69) is 0 Å². The van der Waals surface area contributed by atoms with Gasteiger partial charge in [0.1, 0.15) is 0 Å². The summed E-state index contributed by atoms with van der Waals surface area (Å²) in [4.78, 5) is 26.6. The van der Waals surface area contributed by atoms with Crippen LogP contribution in [0.4, 0.5) is 0 Å². The molecule has 3 rings (SSSR count). The molecule has 0 saturated heterocycles.